The van der Waals surface area contributed by atoms with Crippen LogP contribution in [0.1, 0.15) is 12.8 Å². The Balaban J connectivity index is 1.43. The number of hydrogen-bond donors (Lipinski definition) is 2. The maximum Gasteiger partial charge on any atom is 0.144 e. The Hall–Kier alpha value is -3.10. The molecular weight excluding hydrogens is 434 g/mol. The van der Waals surface area contributed by atoms with Crippen LogP contribution in [0.5, 0.6) is 0 Å². The van der Waals surface area contributed by atoms with Crippen molar-refractivity contribution in [3.8, 4) is 22.5 Å². The number of aromatic amines is 1. The summed E-state index contributed by atoms with van der Waals surface area (Å²) in [7, 11) is 0. The van der Waals surface area contributed by atoms with Gasteiger partial charge in [0.05, 0.1) is 33.6 Å². The summed E-state index contributed by atoms with van der Waals surface area (Å²) in [6.45, 7) is 4.16. The topological polar surface area (TPSA) is 69.7 Å². The highest BCUT2D eigenvalue weighted by Gasteiger charge is 2.18. The second-order valence-electron chi connectivity index (χ2n) is 7.83. The third kappa shape index (κ3) is 4.16. The van der Waals surface area contributed by atoms with Gasteiger partial charge in [-0.1, -0.05) is 11.6 Å². The van der Waals surface area contributed by atoms with Crippen molar-refractivity contribution in [2.75, 3.05) is 31.5 Å². The molecule has 3 aromatic heterocycles. The standard InChI is InChI=1S/C23H21ClF2N6/c24-17-10-15(18(25)11-19(17)26)23-16(13-29-31-23)20-3-4-21-22(30-20)9-14(12-28-21)27-5-8-32-6-1-2-7-32/h3-4,9-13,27H,1-2,5-8H2,(H,29,31). The number of rotatable bonds is 6. The number of benzene rings is 1. The van der Waals surface area contributed by atoms with Gasteiger partial charge in [-0.05, 0) is 50.2 Å². The van der Waals surface area contributed by atoms with E-state index in [1.54, 1.807) is 18.5 Å². The van der Waals surface area contributed by atoms with E-state index in [0.29, 0.717) is 22.5 Å². The van der Waals surface area contributed by atoms with Crippen LogP contribution in [0.2, 0.25) is 5.02 Å². The molecule has 9 heteroatoms. The minimum Gasteiger partial charge on any atom is -0.382 e. The number of H-pyrrole nitrogens is 1. The van der Waals surface area contributed by atoms with Crippen molar-refractivity contribution in [3.63, 3.8) is 0 Å². The molecule has 0 radical (unpaired) electrons. The van der Waals surface area contributed by atoms with Crippen molar-refractivity contribution in [3.05, 3.63) is 59.4 Å². The van der Waals surface area contributed by atoms with Crippen molar-refractivity contribution >= 4 is 28.3 Å². The van der Waals surface area contributed by atoms with E-state index < -0.39 is 11.6 Å². The van der Waals surface area contributed by atoms with Crippen molar-refractivity contribution < 1.29 is 8.78 Å². The highest BCUT2D eigenvalue weighted by molar-refractivity contribution is 6.31. The quantitative estimate of drug-likeness (QED) is 0.395. The van der Waals surface area contributed by atoms with Crippen LogP contribution in [-0.2, 0) is 0 Å². The van der Waals surface area contributed by atoms with Crippen LogP contribution in [0.15, 0.2) is 42.7 Å². The van der Waals surface area contributed by atoms with Gasteiger partial charge < -0.3 is 10.2 Å². The van der Waals surface area contributed by atoms with Crippen LogP contribution in [0.25, 0.3) is 33.5 Å². The first-order valence-corrected chi connectivity index (χ1v) is 10.9. The number of hydrogen-bond acceptors (Lipinski definition) is 5. The molecule has 0 unspecified atom stereocenters. The minimum atomic E-state index is -0.815. The first-order valence-electron chi connectivity index (χ1n) is 10.5. The summed E-state index contributed by atoms with van der Waals surface area (Å²) in [6, 6.07) is 7.60. The first kappa shape index (κ1) is 20.8. The molecule has 1 aromatic carbocycles. The molecule has 164 valence electrons. The highest BCUT2D eigenvalue weighted by Crippen LogP contribution is 2.34. The van der Waals surface area contributed by atoms with Gasteiger partial charge in [0.15, 0.2) is 0 Å². The molecule has 0 saturated carbocycles. The lowest BCUT2D eigenvalue weighted by molar-refractivity contribution is 0.352. The predicted octanol–water partition coefficient (Wildman–Crippen LogP) is 5.13. The number of nitrogens with one attached hydrogen (secondary N) is 2. The van der Waals surface area contributed by atoms with Crippen LogP contribution in [-0.4, -0.2) is 51.2 Å². The molecule has 4 heterocycles. The lowest BCUT2D eigenvalue weighted by atomic mass is 10.0. The number of fused-ring (bicyclic) bond motifs is 1. The van der Waals surface area contributed by atoms with E-state index in [-0.39, 0.29) is 10.6 Å². The molecule has 1 aliphatic rings. The van der Waals surface area contributed by atoms with Gasteiger partial charge in [0.25, 0.3) is 0 Å². The van der Waals surface area contributed by atoms with Gasteiger partial charge in [0, 0.05) is 36.5 Å². The maximum atomic E-state index is 14.4. The smallest absolute Gasteiger partial charge is 0.144 e. The third-order valence-corrected chi connectivity index (χ3v) is 5.96. The number of nitrogens with zero attached hydrogens (tertiary/aromatic N) is 4. The lowest BCUT2D eigenvalue weighted by Gasteiger charge is -2.15. The van der Waals surface area contributed by atoms with E-state index in [4.69, 9.17) is 16.6 Å². The predicted molar refractivity (Wildman–Crippen MR) is 122 cm³/mol. The fraction of sp³-hybridized carbons (Fsp3) is 0.261. The Morgan fingerprint density at radius 3 is 2.72 bits per heavy atom. The summed E-state index contributed by atoms with van der Waals surface area (Å²) >= 11 is 5.87. The van der Waals surface area contributed by atoms with Gasteiger partial charge in [0.2, 0.25) is 0 Å². The van der Waals surface area contributed by atoms with E-state index in [0.717, 1.165) is 43.4 Å². The van der Waals surface area contributed by atoms with Crippen LogP contribution in [0, 0.1) is 11.6 Å². The monoisotopic (exact) mass is 454 g/mol. The molecule has 1 fully saturated rings. The van der Waals surface area contributed by atoms with Gasteiger partial charge >= 0.3 is 0 Å². The van der Waals surface area contributed by atoms with Gasteiger partial charge in [0.1, 0.15) is 17.3 Å². The zero-order valence-electron chi connectivity index (χ0n) is 17.2. The van der Waals surface area contributed by atoms with Gasteiger partial charge in [-0.3, -0.25) is 10.1 Å². The van der Waals surface area contributed by atoms with Crippen LogP contribution in [0.3, 0.4) is 0 Å². The molecule has 0 atom stereocenters. The number of likely N-dealkylation sites (tertiary alicyclic amines) is 1. The zero-order chi connectivity index (χ0) is 22.1. The number of anilines is 1. The number of pyridine rings is 2. The normalized spacial score (nSPS) is 14.3. The maximum absolute atomic E-state index is 14.4. The molecule has 4 aromatic rings. The number of aromatic nitrogens is 4. The summed E-state index contributed by atoms with van der Waals surface area (Å²) < 4.78 is 28.0. The van der Waals surface area contributed by atoms with E-state index in [1.807, 2.05) is 12.1 Å². The minimum absolute atomic E-state index is 0.102. The molecule has 1 aliphatic heterocycles. The summed E-state index contributed by atoms with van der Waals surface area (Å²) in [4.78, 5) is 11.6. The molecule has 0 spiro atoms. The van der Waals surface area contributed by atoms with Crippen molar-refractivity contribution in [2.45, 2.75) is 12.8 Å². The molecule has 0 aliphatic carbocycles. The summed E-state index contributed by atoms with van der Waals surface area (Å²) in [5.41, 5.74) is 3.94. The van der Waals surface area contributed by atoms with Crippen molar-refractivity contribution in [1.29, 1.82) is 0 Å². The zero-order valence-corrected chi connectivity index (χ0v) is 18.0. The Morgan fingerprint density at radius 2 is 1.88 bits per heavy atom. The lowest BCUT2D eigenvalue weighted by Crippen LogP contribution is -2.25. The SMILES string of the molecule is Fc1cc(F)c(-c2n[nH]cc2-c2ccc3ncc(NCCN4CCCC4)cc3n2)cc1Cl. The molecule has 5 rings (SSSR count). The first-order chi connectivity index (χ1) is 15.6. The van der Waals surface area contributed by atoms with Crippen LogP contribution < -0.4 is 5.32 Å². The summed E-state index contributed by atoms with van der Waals surface area (Å²) in [6.07, 6.45) is 5.97. The molecule has 1 saturated heterocycles. The second kappa shape index (κ2) is 8.80. The fourth-order valence-corrected chi connectivity index (χ4v) is 4.18. The Labute approximate surface area is 188 Å². The van der Waals surface area contributed by atoms with Gasteiger partial charge in [-0.25, -0.2) is 13.8 Å². The van der Waals surface area contributed by atoms with Gasteiger partial charge in [-0.15, -0.1) is 0 Å². The average molecular weight is 455 g/mol. The number of halogens is 3. The van der Waals surface area contributed by atoms with E-state index >= 15 is 0 Å². The highest BCUT2D eigenvalue weighted by atomic mass is 35.5. The molecule has 0 bridgehead atoms. The molecule has 0 amide bonds. The summed E-state index contributed by atoms with van der Waals surface area (Å²) in [5, 5.41) is 10.1. The fourth-order valence-electron chi connectivity index (χ4n) is 4.01. The Bertz CT molecular complexity index is 1270. The van der Waals surface area contributed by atoms with Crippen molar-refractivity contribution in [2.24, 2.45) is 0 Å². The van der Waals surface area contributed by atoms with Crippen LogP contribution in [0.4, 0.5) is 14.5 Å². The Morgan fingerprint density at radius 1 is 1.03 bits per heavy atom. The van der Waals surface area contributed by atoms with Crippen molar-refractivity contribution in [1.82, 2.24) is 25.1 Å². The Kier molecular flexibility index (Phi) is 5.71. The van der Waals surface area contributed by atoms with E-state index in [9.17, 15) is 8.78 Å². The molecule has 6 nitrogen and oxygen atoms in total. The van der Waals surface area contributed by atoms with Gasteiger partial charge in [-0.2, -0.15) is 5.10 Å². The largest absolute Gasteiger partial charge is 0.382 e. The second-order valence-corrected chi connectivity index (χ2v) is 8.24. The van der Waals surface area contributed by atoms with E-state index in [1.165, 1.54) is 18.9 Å². The third-order valence-electron chi connectivity index (χ3n) is 5.67. The summed E-state index contributed by atoms with van der Waals surface area (Å²) in [5.74, 6) is -1.56. The van der Waals surface area contributed by atoms with E-state index in [2.05, 4.69) is 25.4 Å². The molecule has 2 N–H and O–H groups in total. The molecular formula is C23H21ClF2N6. The molecule has 32 heavy (non-hydrogen) atoms. The average Bonchev–Trinajstić information content (AvgIpc) is 3.48. The van der Waals surface area contributed by atoms with Crippen LogP contribution >= 0.6 is 11.6 Å².